The molecular formula is C16H17N5O2S. The number of benzene rings is 1. The van der Waals surface area contributed by atoms with Crippen molar-refractivity contribution in [3.05, 3.63) is 36.0 Å². The lowest BCUT2D eigenvalue weighted by Gasteiger charge is -2.30. The number of aromatic nitrogens is 2. The fourth-order valence-electron chi connectivity index (χ4n) is 2.48. The number of nitrogens with zero attached hydrogens (tertiary/aromatic N) is 3. The Kier molecular flexibility index (Phi) is 4.39. The third-order valence-corrected chi connectivity index (χ3v) is 4.47. The van der Waals surface area contributed by atoms with Gasteiger partial charge in [0.2, 0.25) is 11.8 Å². The molecule has 1 aliphatic rings. The number of nitrogen functional groups attached to an aromatic ring is 1. The van der Waals surface area contributed by atoms with Crippen molar-refractivity contribution in [3.63, 3.8) is 0 Å². The van der Waals surface area contributed by atoms with E-state index in [1.54, 1.807) is 19.1 Å². The summed E-state index contributed by atoms with van der Waals surface area (Å²) >= 11 is 1.22. The summed E-state index contributed by atoms with van der Waals surface area (Å²) in [4.78, 5) is 34.6. The zero-order valence-electron chi connectivity index (χ0n) is 13.3. The molecule has 0 fully saturated rings. The lowest BCUT2D eigenvalue weighted by atomic mass is 10.2. The molecule has 1 aliphatic heterocycles. The summed E-state index contributed by atoms with van der Waals surface area (Å²) in [6.07, 6.45) is 0. The van der Waals surface area contributed by atoms with Gasteiger partial charge in [-0.05, 0) is 26.0 Å². The smallest absolute Gasteiger partial charge is 0.244 e. The van der Waals surface area contributed by atoms with Crippen molar-refractivity contribution in [1.29, 1.82) is 0 Å². The maximum atomic E-state index is 12.8. The van der Waals surface area contributed by atoms with Gasteiger partial charge in [0.25, 0.3) is 0 Å². The normalized spacial score (nSPS) is 14.8. The highest BCUT2D eigenvalue weighted by Crippen LogP contribution is 2.31. The number of carbonyl (C=O) groups excluding carboxylic acids is 2. The van der Waals surface area contributed by atoms with Gasteiger partial charge in [0.15, 0.2) is 5.16 Å². The first-order chi connectivity index (χ1) is 11.4. The number of aryl methyl sites for hydroxylation is 1. The summed E-state index contributed by atoms with van der Waals surface area (Å²) in [5, 5.41) is 2.76. The Morgan fingerprint density at radius 1 is 1.38 bits per heavy atom. The molecular weight excluding hydrogens is 326 g/mol. The molecule has 1 aromatic carbocycles. The van der Waals surface area contributed by atoms with Crippen molar-refractivity contribution in [2.45, 2.75) is 24.3 Å². The van der Waals surface area contributed by atoms with Gasteiger partial charge in [0, 0.05) is 11.8 Å². The topological polar surface area (TPSA) is 101 Å². The molecule has 8 heteroatoms. The first kappa shape index (κ1) is 16.3. The molecule has 124 valence electrons. The minimum absolute atomic E-state index is 0.00242. The van der Waals surface area contributed by atoms with Crippen LogP contribution in [-0.2, 0) is 9.59 Å². The highest BCUT2D eigenvalue weighted by molar-refractivity contribution is 8.00. The van der Waals surface area contributed by atoms with E-state index in [2.05, 4.69) is 15.3 Å². The molecule has 2 aromatic rings. The molecule has 2 amide bonds. The van der Waals surface area contributed by atoms with Crippen molar-refractivity contribution in [1.82, 2.24) is 9.97 Å². The Labute approximate surface area is 143 Å². The van der Waals surface area contributed by atoms with Crippen LogP contribution in [0.15, 0.2) is 35.5 Å². The molecule has 0 aliphatic carbocycles. The second-order valence-electron chi connectivity index (χ2n) is 5.47. The maximum Gasteiger partial charge on any atom is 0.244 e. The summed E-state index contributed by atoms with van der Waals surface area (Å²) in [5.41, 5.74) is 7.79. The first-order valence-electron chi connectivity index (χ1n) is 7.42. The minimum Gasteiger partial charge on any atom is -0.384 e. The number of para-hydroxylation sites is 2. The van der Waals surface area contributed by atoms with Crippen molar-refractivity contribution in [2.24, 2.45) is 0 Å². The van der Waals surface area contributed by atoms with E-state index in [-0.39, 0.29) is 18.4 Å². The van der Waals surface area contributed by atoms with Crippen LogP contribution in [0.2, 0.25) is 0 Å². The fourth-order valence-corrected chi connectivity index (χ4v) is 3.37. The molecule has 2 heterocycles. The number of fused-ring (bicyclic) bond motifs is 1. The number of hydrogen-bond acceptors (Lipinski definition) is 6. The third-order valence-electron chi connectivity index (χ3n) is 3.52. The molecule has 1 atom stereocenters. The predicted molar refractivity (Wildman–Crippen MR) is 93.9 cm³/mol. The molecule has 0 bridgehead atoms. The Hall–Kier alpha value is -2.61. The molecule has 24 heavy (non-hydrogen) atoms. The van der Waals surface area contributed by atoms with Crippen LogP contribution in [-0.4, -0.2) is 33.6 Å². The van der Waals surface area contributed by atoms with Gasteiger partial charge >= 0.3 is 0 Å². The molecule has 1 aromatic heterocycles. The number of rotatable bonds is 3. The standard InChI is InChI=1S/C16H17N5O2S/c1-9-7-13(17)20-16(18-9)24-10(2)15(23)21-8-14(22)19-11-5-3-4-6-12(11)21/h3-7,10H,8H2,1-2H3,(H,19,22)(H2,17,18,20)/t10-/m0/s1. The number of thioether (sulfide) groups is 1. The van der Waals surface area contributed by atoms with Crippen LogP contribution in [0.4, 0.5) is 17.2 Å². The van der Waals surface area contributed by atoms with Gasteiger partial charge in [0.05, 0.1) is 16.6 Å². The Morgan fingerprint density at radius 2 is 2.12 bits per heavy atom. The SMILES string of the molecule is Cc1cc(N)nc(S[C@@H](C)C(=O)N2CC(=O)Nc3ccccc32)n1. The van der Waals surface area contributed by atoms with Crippen LogP contribution < -0.4 is 16.0 Å². The molecule has 3 N–H and O–H groups in total. The minimum atomic E-state index is -0.454. The van der Waals surface area contributed by atoms with E-state index >= 15 is 0 Å². The zero-order valence-corrected chi connectivity index (χ0v) is 14.1. The summed E-state index contributed by atoms with van der Waals surface area (Å²) in [7, 11) is 0. The van der Waals surface area contributed by atoms with Crippen LogP contribution in [0, 0.1) is 6.92 Å². The molecule has 0 saturated heterocycles. The summed E-state index contributed by atoms with van der Waals surface area (Å²) in [5.74, 6) is -0.0198. The monoisotopic (exact) mass is 343 g/mol. The Morgan fingerprint density at radius 3 is 2.88 bits per heavy atom. The molecule has 3 rings (SSSR count). The Balaban J connectivity index is 1.82. The molecule has 7 nitrogen and oxygen atoms in total. The second-order valence-corrected chi connectivity index (χ2v) is 6.77. The molecule has 0 spiro atoms. The summed E-state index contributed by atoms with van der Waals surface area (Å²) in [6, 6.07) is 8.90. The molecule has 0 unspecified atom stereocenters. The van der Waals surface area contributed by atoms with Crippen LogP contribution >= 0.6 is 11.8 Å². The van der Waals surface area contributed by atoms with Gasteiger partial charge in [-0.1, -0.05) is 23.9 Å². The van der Waals surface area contributed by atoms with Crippen LogP contribution in [0.5, 0.6) is 0 Å². The number of carbonyl (C=O) groups is 2. The largest absolute Gasteiger partial charge is 0.384 e. The van der Waals surface area contributed by atoms with Crippen LogP contribution in [0.1, 0.15) is 12.6 Å². The number of anilines is 3. The second kappa shape index (κ2) is 6.48. The van der Waals surface area contributed by atoms with Crippen LogP contribution in [0.25, 0.3) is 0 Å². The van der Waals surface area contributed by atoms with E-state index in [4.69, 9.17) is 5.73 Å². The number of amides is 2. The lowest BCUT2D eigenvalue weighted by Crippen LogP contribution is -2.45. The van der Waals surface area contributed by atoms with Gasteiger partial charge in [0.1, 0.15) is 12.4 Å². The van der Waals surface area contributed by atoms with E-state index in [1.807, 2.05) is 25.1 Å². The fraction of sp³-hybridized carbons (Fsp3) is 0.250. The van der Waals surface area contributed by atoms with E-state index in [0.717, 1.165) is 5.69 Å². The number of nitrogens with one attached hydrogen (secondary N) is 1. The van der Waals surface area contributed by atoms with Crippen LogP contribution in [0.3, 0.4) is 0 Å². The highest BCUT2D eigenvalue weighted by atomic mass is 32.2. The number of hydrogen-bond donors (Lipinski definition) is 2. The average molecular weight is 343 g/mol. The van der Waals surface area contributed by atoms with Crippen molar-refractivity contribution in [2.75, 3.05) is 22.5 Å². The van der Waals surface area contributed by atoms with Gasteiger partial charge in [-0.2, -0.15) is 0 Å². The van der Waals surface area contributed by atoms with Gasteiger partial charge < -0.3 is 11.1 Å². The van der Waals surface area contributed by atoms with E-state index in [9.17, 15) is 9.59 Å². The van der Waals surface area contributed by atoms with Gasteiger partial charge in [-0.15, -0.1) is 0 Å². The van der Waals surface area contributed by atoms with E-state index in [0.29, 0.717) is 22.3 Å². The van der Waals surface area contributed by atoms with E-state index < -0.39 is 5.25 Å². The van der Waals surface area contributed by atoms with Gasteiger partial charge in [-0.25, -0.2) is 9.97 Å². The van der Waals surface area contributed by atoms with Crippen molar-refractivity contribution >= 4 is 40.8 Å². The van der Waals surface area contributed by atoms with Gasteiger partial charge in [-0.3, -0.25) is 14.5 Å². The molecule has 0 saturated carbocycles. The quantitative estimate of drug-likeness (QED) is 0.651. The Bertz CT molecular complexity index is 791. The van der Waals surface area contributed by atoms with Crippen molar-refractivity contribution in [3.8, 4) is 0 Å². The molecule has 0 radical (unpaired) electrons. The maximum absolute atomic E-state index is 12.8. The average Bonchev–Trinajstić information content (AvgIpc) is 2.52. The summed E-state index contributed by atoms with van der Waals surface area (Å²) < 4.78 is 0. The van der Waals surface area contributed by atoms with E-state index in [1.165, 1.54) is 16.7 Å². The highest BCUT2D eigenvalue weighted by Gasteiger charge is 2.30. The zero-order chi connectivity index (χ0) is 17.3. The predicted octanol–water partition coefficient (Wildman–Crippen LogP) is 1.83. The lowest BCUT2D eigenvalue weighted by molar-refractivity contribution is -0.121. The summed E-state index contributed by atoms with van der Waals surface area (Å²) in [6.45, 7) is 3.58. The first-order valence-corrected chi connectivity index (χ1v) is 8.30. The third kappa shape index (κ3) is 3.33. The van der Waals surface area contributed by atoms with Crippen molar-refractivity contribution < 1.29 is 9.59 Å². The number of nitrogens with two attached hydrogens (primary N) is 1.